The summed E-state index contributed by atoms with van der Waals surface area (Å²) in [6.45, 7) is 2.46. The van der Waals surface area contributed by atoms with Crippen LogP contribution in [-0.2, 0) is 0 Å². The van der Waals surface area contributed by atoms with E-state index < -0.39 is 4.92 Å². The average Bonchev–Trinajstić information content (AvgIpc) is 2.14. The standard InChI is InChI=1S/C9H14N4O2/c1-6(10)5-12-7-2-3-9(13(14)15)8(11)4-7/h2-4,6,12H,5,10-11H2,1H3. The summed E-state index contributed by atoms with van der Waals surface area (Å²) in [5.41, 5.74) is 11.9. The summed E-state index contributed by atoms with van der Waals surface area (Å²) in [7, 11) is 0. The summed E-state index contributed by atoms with van der Waals surface area (Å²) < 4.78 is 0. The van der Waals surface area contributed by atoms with Gasteiger partial charge in [-0.05, 0) is 19.1 Å². The Bertz CT molecular complexity index is 365. The van der Waals surface area contributed by atoms with E-state index in [0.29, 0.717) is 6.54 Å². The van der Waals surface area contributed by atoms with E-state index >= 15 is 0 Å². The first-order chi connectivity index (χ1) is 7.00. The van der Waals surface area contributed by atoms with Gasteiger partial charge < -0.3 is 16.8 Å². The molecule has 0 bridgehead atoms. The van der Waals surface area contributed by atoms with Gasteiger partial charge in [0.2, 0.25) is 0 Å². The van der Waals surface area contributed by atoms with Crippen LogP contribution < -0.4 is 16.8 Å². The van der Waals surface area contributed by atoms with Gasteiger partial charge >= 0.3 is 0 Å². The molecule has 0 aliphatic heterocycles. The molecule has 0 saturated heterocycles. The van der Waals surface area contributed by atoms with Crippen molar-refractivity contribution in [3.05, 3.63) is 28.3 Å². The lowest BCUT2D eigenvalue weighted by Crippen LogP contribution is -2.25. The molecule has 0 fully saturated rings. The molecule has 1 aromatic carbocycles. The van der Waals surface area contributed by atoms with Gasteiger partial charge in [-0.3, -0.25) is 10.1 Å². The van der Waals surface area contributed by atoms with Crippen molar-refractivity contribution < 1.29 is 4.92 Å². The number of nitrogens with one attached hydrogen (secondary N) is 1. The predicted molar refractivity (Wildman–Crippen MR) is 59.6 cm³/mol. The van der Waals surface area contributed by atoms with Gasteiger partial charge in [0.15, 0.2) is 0 Å². The van der Waals surface area contributed by atoms with E-state index in [1.165, 1.54) is 12.1 Å². The number of rotatable bonds is 4. The summed E-state index contributed by atoms with van der Waals surface area (Å²) in [6, 6.07) is 4.53. The lowest BCUT2D eigenvalue weighted by atomic mass is 10.2. The van der Waals surface area contributed by atoms with E-state index in [1.54, 1.807) is 6.07 Å². The van der Waals surface area contributed by atoms with Crippen LogP contribution in [0.5, 0.6) is 0 Å². The third kappa shape index (κ3) is 3.10. The van der Waals surface area contributed by atoms with Crippen LogP contribution in [0.2, 0.25) is 0 Å². The van der Waals surface area contributed by atoms with Gasteiger partial charge in [0.05, 0.1) is 4.92 Å². The van der Waals surface area contributed by atoms with Crippen molar-refractivity contribution in [2.75, 3.05) is 17.6 Å². The minimum Gasteiger partial charge on any atom is -0.393 e. The van der Waals surface area contributed by atoms with Gasteiger partial charge in [0.25, 0.3) is 5.69 Å². The maximum Gasteiger partial charge on any atom is 0.292 e. The molecular formula is C9H14N4O2. The molecule has 1 rings (SSSR count). The molecule has 15 heavy (non-hydrogen) atoms. The van der Waals surface area contributed by atoms with Gasteiger partial charge in [-0.2, -0.15) is 0 Å². The van der Waals surface area contributed by atoms with Crippen LogP contribution in [0.25, 0.3) is 0 Å². The third-order valence-electron chi connectivity index (χ3n) is 1.85. The Labute approximate surface area is 87.4 Å². The van der Waals surface area contributed by atoms with Crippen LogP contribution in [0, 0.1) is 10.1 Å². The Morgan fingerprint density at radius 3 is 2.73 bits per heavy atom. The molecule has 0 spiro atoms. The average molecular weight is 210 g/mol. The van der Waals surface area contributed by atoms with E-state index in [1.807, 2.05) is 6.92 Å². The monoisotopic (exact) mass is 210 g/mol. The molecule has 6 heteroatoms. The maximum atomic E-state index is 10.5. The first-order valence-electron chi connectivity index (χ1n) is 4.54. The molecule has 0 saturated carbocycles. The van der Waals surface area contributed by atoms with Gasteiger partial charge in [-0.15, -0.1) is 0 Å². The predicted octanol–water partition coefficient (Wildman–Crippen LogP) is 0.936. The Hall–Kier alpha value is -1.82. The number of anilines is 2. The summed E-state index contributed by atoms with van der Waals surface area (Å²) in [5.74, 6) is 0. The van der Waals surface area contributed by atoms with Crippen molar-refractivity contribution in [2.45, 2.75) is 13.0 Å². The summed E-state index contributed by atoms with van der Waals surface area (Å²) in [4.78, 5) is 9.98. The highest BCUT2D eigenvalue weighted by Gasteiger charge is 2.10. The first-order valence-corrected chi connectivity index (χ1v) is 4.54. The normalized spacial score (nSPS) is 12.1. The number of nitrogens with zero attached hydrogens (tertiary/aromatic N) is 1. The Balaban J connectivity index is 2.78. The van der Waals surface area contributed by atoms with Crippen LogP contribution >= 0.6 is 0 Å². The van der Waals surface area contributed by atoms with Crippen LogP contribution in [0.15, 0.2) is 18.2 Å². The van der Waals surface area contributed by atoms with Crippen molar-refractivity contribution in [2.24, 2.45) is 5.73 Å². The lowest BCUT2D eigenvalue weighted by molar-refractivity contribution is -0.383. The second-order valence-corrected chi connectivity index (χ2v) is 3.39. The second kappa shape index (κ2) is 4.61. The second-order valence-electron chi connectivity index (χ2n) is 3.39. The molecule has 0 aromatic heterocycles. The van der Waals surface area contributed by atoms with Crippen LogP contribution in [-0.4, -0.2) is 17.5 Å². The van der Waals surface area contributed by atoms with E-state index in [0.717, 1.165) is 5.69 Å². The smallest absolute Gasteiger partial charge is 0.292 e. The van der Waals surface area contributed by atoms with E-state index in [4.69, 9.17) is 11.5 Å². The number of nitrogens with two attached hydrogens (primary N) is 2. The first kappa shape index (κ1) is 11.3. The highest BCUT2D eigenvalue weighted by molar-refractivity contribution is 5.65. The zero-order valence-electron chi connectivity index (χ0n) is 8.43. The van der Waals surface area contributed by atoms with Gasteiger partial charge in [0.1, 0.15) is 5.69 Å². The molecule has 82 valence electrons. The Morgan fingerprint density at radius 2 is 2.27 bits per heavy atom. The fourth-order valence-corrected chi connectivity index (χ4v) is 1.11. The highest BCUT2D eigenvalue weighted by Crippen LogP contribution is 2.24. The van der Waals surface area contributed by atoms with Gasteiger partial charge in [0, 0.05) is 24.3 Å². The number of hydrogen-bond acceptors (Lipinski definition) is 5. The number of benzene rings is 1. The van der Waals surface area contributed by atoms with Crippen molar-refractivity contribution in [3.63, 3.8) is 0 Å². The maximum absolute atomic E-state index is 10.5. The number of hydrogen-bond donors (Lipinski definition) is 3. The minimum atomic E-state index is -0.509. The lowest BCUT2D eigenvalue weighted by Gasteiger charge is -2.09. The molecule has 0 amide bonds. The van der Waals surface area contributed by atoms with Crippen molar-refractivity contribution in [1.29, 1.82) is 0 Å². The molecular weight excluding hydrogens is 196 g/mol. The molecule has 1 atom stereocenters. The zero-order chi connectivity index (χ0) is 11.4. The fourth-order valence-electron chi connectivity index (χ4n) is 1.11. The molecule has 1 aromatic rings. The van der Waals surface area contributed by atoms with E-state index in [-0.39, 0.29) is 17.4 Å². The molecule has 1 unspecified atom stereocenters. The molecule has 6 nitrogen and oxygen atoms in total. The van der Waals surface area contributed by atoms with Gasteiger partial charge in [-0.1, -0.05) is 0 Å². The largest absolute Gasteiger partial charge is 0.393 e. The molecule has 0 aliphatic carbocycles. The molecule has 0 aliphatic rings. The number of nitrogen functional groups attached to an aromatic ring is 1. The fraction of sp³-hybridized carbons (Fsp3) is 0.333. The Morgan fingerprint density at radius 1 is 1.60 bits per heavy atom. The summed E-state index contributed by atoms with van der Waals surface area (Å²) >= 11 is 0. The van der Waals surface area contributed by atoms with Crippen molar-refractivity contribution in [3.8, 4) is 0 Å². The third-order valence-corrected chi connectivity index (χ3v) is 1.85. The molecule has 0 heterocycles. The van der Waals surface area contributed by atoms with Crippen LogP contribution in [0.4, 0.5) is 17.1 Å². The Kier molecular flexibility index (Phi) is 3.46. The number of nitro benzene ring substituents is 1. The van der Waals surface area contributed by atoms with E-state index in [9.17, 15) is 10.1 Å². The zero-order valence-corrected chi connectivity index (χ0v) is 8.43. The van der Waals surface area contributed by atoms with Crippen LogP contribution in [0.3, 0.4) is 0 Å². The minimum absolute atomic E-state index is 0.0152. The quantitative estimate of drug-likeness (QED) is 0.389. The topological polar surface area (TPSA) is 107 Å². The van der Waals surface area contributed by atoms with Crippen molar-refractivity contribution >= 4 is 17.1 Å². The molecule has 0 radical (unpaired) electrons. The summed E-state index contributed by atoms with van der Waals surface area (Å²) in [5, 5.41) is 13.5. The number of nitro groups is 1. The SMILES string of the molecule is CC(N)CNc1ccc([N+](=O)[O-])c(N)c1. The highest BCUT2D eigenvalue weighted by atomic mass is 16.6. The summed E-state index contributed by atoms with van der Waals surface area (Å²) in [6.07, 6.45) is 0. The molecule has 5 N–H and O–H groups in total. The van der Waals surface area contributed by atoms with Crippen molar-refractivity contribution in [1.82, 2.24) is 0 Å². The van der Waals surface area contributed by atoms with E-state index in [2.05, 4.69) is 5.32 Å². The van der Waals surface area contributed by atoms with Gasteiger partial charge in [-0.25, -0.2) is 0 Å². The van der Waals surface area contributed by atoms with Crippen LogP contribution in [0.1, 0.15) is 6.92 Å².